The van der Waals surface area contributed by atoms with Crippen LogP contribution in [0.1, 0.15) is 33.6 Å². The average Bonchev–Trinajstić information content (AvgIpc) is 3.13. The van der Waals surface area contributed by atoms with E-state index in [2.05, 4.69) is 0 Å². The van der Waals surface area contributed by atoms with Crippen LogP contribution >= 0.6 is 0 Å². The van der Waals surface area contributed by atoms with Gasteiger partial charge in [-0.1, -0.05) is 36.4 Å². The fraction of sp³-hybridized carbons (Fsp3) is 0.273. The van der Waals surface area contributed by atoms with Crippen molar-refractivity contribution < 1.29 is 9.53 Å². The highest BCUT2D eigenvalue weighted by Crippen LogP contribution is 2.31. The average molecular weight is 346 g/mol. The topological polar surface area (TPSA) is 42.4 Å². The Labute approximate surface area is 153 Å². The van der Waals surface area contributed by atoms with Gasteiger partial charge in [-0.15, -0.1) is 0 Å². The molecule has 0 saturated carbocycles. The molecule has 0 aliphatic heterocycles. The summed E-state index contributed by atoms with van der Waals surface area (Å²) < 4.78 is 5.43. The van der Waals surface area contributed by atoms with Gasteiger partial charge >= 0.3 is 0 Å². The van der Waals surface area contributed by atoms with Gasteiger partial charge in [-0.2, -0.15) is 0 Å². The molecule has 1 aromatic heterocycles. The lowest BCUT2D eigenvalue weighted by Gasteiger charge is -2.21. The first kappa shape index (κ1) is 16.6. The molecule has 4 nitrogen and oxygen atoms in total. The van der Waals surface area contributed by atoms with E-state index in [1.165, 1.54) is 0 Å². The van der Waals surface area contributed by atoms with Crippen LogP contribution in [0.4, 0.5) is 0 Å². The molecule has 0 N–H and O–H groups in total. The molecule has 2 aromatic carbocycles. The Bertz CT molecular complexity index is 981. The third-order valence-corrected chi connectivity index (χ3v) is 5.08. The summed E-state index contributed by atoms with van der Waals surface area (Å²) in [6.45, 7) is 0.508. The first-order valence-corrected chi connectivity index (χ1v) is 8.97. The van der Waals surface area contributed by atoms with Gasteiger partial charge in [-0.25, -0.2) is 0 Å². The van der Waals surface area contributed by atoms with Crippen molar-refractivity contribution in [3.8, 4) is 5.75 Å². The molecule has 132 valence electrons. The van der Waals surface area contributed by atoms with Crippen LogP contribution in [0.5, 0.6) is 5.75 Å². The second-order valence-corrected chi connectivity index (χ2v) is 6.76. The highest BCUT2D eigenvalue weighted by molar-refractivity contribution is 6.07. The number of fused-ring (bicyclic) bond motifs is 2. The van der Waals surface area contributed by atoms with Crippen LogP contribution in [0.15, 0.2) is 48.5 Å². The fourth-order valence-corrected chi connectivity index (χ4v) is 3.81. The Hall–Kier alpha value is -2.88. The number of para-hydroxylation sites is 2. The molecule has 0 radical (unpaired) electrons. The molecule has 0 atom stereocenters. The first-order valence-electron chi connectivity index (χ1n) is 8.97. The number of benzene rings is 2. The van der Waals surface area contributed by atoms with Crippen molar-refractivity contribution in [2.24, 2.45) is 0 Å². The third-order valence-electron chi connectivity index (χ3n) is 5.08. The quantitative estimate of drug-likeness (QED) is 0.717. The number of amides is 1. The monoisotopic (exact) mass is 346 g/mol. The van der Waals surface area contributed by atoms with Gasteiger partial charge < -0.3 is 9.64 Å². The number of nitrogens with zero attached hydrogens (tertiary/aromatic N) is 2. The number of methoxy groups -OCH3 is 1. The Morgan fingerprint density at radius 2 is 1.88 bits per heavy atom. The zero-order chi connectivity index (χ0) is 18.1. The Morgan fingerprint density at radius 1 is 1.12 bits per heavy atom. The molecular weight excluding hydrogens is 324 g/mol. The summed E-state index contributed by atoms with van der Waals surface area (Å²) >= 11 is 0. The van der Waals surface area contributed by atoms with E-state index in [1.54, 1.807) is 12.0 Å². The number of hydrogen-bond acceptors (Lipinski definition) is 3. The highest BCUT2D eigenvalue weighted by atomic mass is 16.5. The molecule has 0 unspecified atom stereocenters. The van der Waals surface area contributed by atoms with E-state index < -0.39 is 0 Å². The molecule has 0 fully saturated rings. The molecule has 0 saturated heterocycles. The van der Waals surface area contributed by atoms with E-state index in [-0.39, 0.29) is 5.91 Å². The smallest absolute Gasteiger partial charge is 0.254 e. The van der Waals surface area contributed by atoms with E-state index in [9.17, 15) is 4.79 Å². The molecule has 4 heteroatoms. The molecule has 0 bridgehead atoms. The lowest BCUT2D eigenvalue weighted by Crippen LogP contribution is -2.28. The zero-order valence-electron chi connectivity index (χ0n) is 15.2. The molecule has 4 rings (SSSR count). The van der Waals surface area contributed by atoms with Crippen molar-refractivity contribution in [1.82, 2.24) is 9.88 Å². The van der Waals surface area contributed by atoms with Gasteiger partial charge in [0.2, 0.25) is 0 Å². The van der Waals surface area contributed by atoms with Gasteiger partial charge in [-0.05, 0) is 37.0 Å². The first-order chi connectivity index (χ1) is 12.7. The summed E-state index contributed by atoms with van der Waals surface area (Å²) in [5.41, 5.74) is 4.93. The number of pyridine rings is 1. The van der Waals surface area contributed by atoms with Gasteiger partial charge in [0.05, 0.1) is 18.2 Å². The Morgan fingerprint density at radius 3 is 2.73 bits per heavy atom. The maximum atomic E-state index is 13.4. The largest absolute Gasteiger partial charge is 0.496 e. The van der Waals surface area contributed by atoms with E-state index in [4.69, 9.17) is 9.72 Å². The predicted molar refractivity (Wildman–Crippen MR) is 103 cm³/mol. The second-order valence-electron chi connectivity index (χ2n) is 6.76. The van der Waals surface area contributed by atoms with Crippen molar-refractivity contribution in [1.29, 1.82) is 0 Å². The maximum absolute atomic E-state index is 13.4. The SMILES string of the molecule is COc1ccccc1CN(C)C(=O)c1c2c(nc3ccccc13)CCC2. The van der Waals surface area contributed by atoms with Crippen molar-refractivity contribution in [2.75, 3.05) is 14.2 Å². The molecule has 1 amide bonds. The van der Waals surface area contributed by atoms with Crippen LogP contribution in [-0.2, 0) is 19.4 Å². The zero-order valence-corrected chi connectivity index (χ0v) is 15.2. The summed E-state index contributed by atoms with van der Waals surface area (Å²) in [6.07, 6.45) is 2.95. The molecule has 1 aliphatic rings. The third kappa shape index (κ3) is 2.81. The van der Waals surface area contributed by atoms with Crippen LogP contribution < -0.4 is 4.74 Å². The maximum Gasteiger partial charge on any atom is 0.254 e. The number of hydrogen-bond donors (Lipinski definition) is 0. The van der Waals surface area contributed by atoms with Crippen molar-refractivity contribution in [3.05, 3.63) is 70.9 Å². The Balaban J connectivity index is 1.74. The minimum absolute atomic E-state index is 0.0488. The predicted octanol–water partition coefficient (Wildman–Crippen LogP) is 4.00. The van der Waals surface area contributed by atoms with E-state index in [0.717, 1.165) is 58.3 Å². The Kier molecular flexibility index (Phi) is 4.33. The van der Waals surface area contributed by atoms with E-state index in [1.807, 2.05) is 55.6 Å². The van der Waals surface area contributed by atoms with Crippen LogP contribution in [0.25, 0.3) is 10.9 Å². The van der Waals surface area contributed by atoms with Gasteiger partial charge in [0.15, 0.2) is 0 Å². The molecule has 1 aliphatic carbocycles. The van der Waals surface area contributed by atoms with Crippen LogP contribution in [0.2, 0.25) is 0 Å². The second kappa shape index (κ2) is 6.79. The van der Waals surface area contributed by atoms with Crippen LogP contribution in [0, 0.1) is 0 Å². The van der Waals surface area contributed by atoms with Crippen molar-refractivity contribution in [3.63, 3.8) is 0 Å². The lowest BCUT2D eigenvalue weighted by atomic mass is 10.00. The van der Waals surface area contributed by atoms with Crippen LogP contribution in [0.3, 0.4) is 0 Å². The standard InChI is InChI=1S/C22H22N2O2/c1-24(14-15-8-3-6-13-20(15)26-2)22(25)21-16-9-4-5-11-18(16)23-19-12-7-10-17(19)21/h3-6,8-9,11,13H,7,10,12,14H2,1-2H3. The van der Waals surface area contributed by atoms with Gasteiger partial charge in [0, 0.05) is 30.2 Å². The number of aromatic nitrogens is 1. The molecular formula is C22H22N2O2. The fourth-order valence-electron chi connectivity index (χ4n) is 3.81. The van der Waals surface area contributed by atoms with E-state index in [0.29, 0.717) is 6.54 Å². The minimum Gasteiger partial charge on any atom is -0.496 e. The van der Waals surface area contributed by atoms with Crippen LogP contribution in [-0.4, -0.2) is 29.9 Å². The molecule has 3 aromatic rings. The van der Waals surface area contributed by atoms with Crippen molar-refractivity contribution in [2.45, 2.75) is 25.8 Å². The number of aryl methyl sites for hydroxylation is 1. The van der Waals surface area contributed by atoms with E-state index >= 15 is 0 Å². The number of ether oxygens (including phenoxy) is 1. The lowest BCUT2D eigenvalue weighted by molar-refractivity contribution is 0.0785. The van der Waals surface area contributed by atoms with Gasteiger partial charge in [0.1, 0.15) is 5.75 Å². The summed E-state index contributed by atoms with van der Waals surface area (Å²) in [4.78, 5) is 19.9. The van der Waals surface area contributed by atoms with Crippen molar-refractivity contribution >= 4 is 16.8 Å². The normalized spacial score (nSPS) is 12.8. The number of carbonyl (C=O) groups excluding carboxylic acids is 1. The summed E-state index contributed by atoms with van der Waals surface area (Å²) in [7, 11) is 3.51. The van der Waals surface area contributed by atoms with Gasteiger partial charge in [0.25, 0.3) is 5.91 Å². The highest BCUT2D eigenvalue weighted by Gasteiger charge is 2.25. The summed E-state index contributed by atoms with van der Waals surface area (Å²) in [5, 5.41) is 0.949. The molecule has 0 spiro atoms. The summed E-state index contributed by atoms with van der Waals surface area (Å²) in [6, 6.07) is 15.8. The number of rotatable bonds is 4. The van der Waals surface area contributed by atoms with Gasteiger partial charge in [-0.3, -0.25) is 9.78 Å². The number of carbonyl (C=O) groups is 1. The molecule has 1 heterocycles. The minimum atomic E-state index is 0.0488. The molecule has 26 heavy (non-hydrogen) atoms. The summed E-state index contributed by atoms with van der Waals surface area (Å²) in [5.74, 6) is 0.852.